The highest BCUT2D eigenvalue weighted by Gasteiger charge is 2.56. The Bertz CT molecular complexity index is 1160. The average Bonchev–Trinajstić information content (AvgIpc) is 3.41. The van der Waals surface area contributed by atoms with Crippen molar-refractivity contribution in [3.05, 3.63) is 33.2 Å². The number of rotatable bonds is 7. The minimum atomic E-state index is -1.23. The van der Waals surface area contributed by atoms with Crippen molar-refractivity contribution in [2.75, 3.05) is 25.1 Å². The van der Waals surface area contributed by atoms with Crippen molar-refractivity contribution in [1.82, 2.24) is 20.2 Å². The van der Waals surface area contributed by atoms with Gasteiger partial charge in [0.05, 0.1) is 5.01 Å². The Labute approximate surface area is 200 Å². The molecule has 0 bridgehead atoms. The summed E-state index contributed by atoms with van der Waals surface area (Å²) in [5.41, 5.74) is 4.55. The minimum Gasteiger partial charge on any atom is -0.481 e. The number of carbonyl (C=O) groups excluding carboxylic acids is 2. The van der Waals surface area contributed by atoms with Crippen LogP contribution in [0.15, 0.2) is 22.8 Å². The molecule has 174 valence electrons. The molecule has 4 heterocycles. The molecule has 2 fully saturated rings. The van der Waals surface area contributed by atoms with Gasteiger partial charge < -0.3 is 25.9 Å². The van der Waals surface area contributed by atoms with Gasteiger partial charge in [0.2, 0.25) is 5.91 Å². The number of aryl methyl sites for hydroxylation is 1. The molecule has 0 aromatic carbocycles. The quantitative estimate of drug-likeness (QED) is 0.282. The van der Waals surface area contributed by atoms with Crippen molar-refractivity contribution < 1.29 is 24.3 Å². The first kappa shape index (κ1) is 23.2. The van der Waals surface area contributed by atoms with Crippen LogP contribution in [-0.4, -0.2) is 74.3 Å². The van der Waals surface area contributed by atoms with Gasteiger partial charge in [-0.05, 0) is 13.0 Å². The van der Waals surface area contributed by atoms with Crippen LogP contribution in [0.1, 0.15) is 15.6 Å². The molecule has 0 spiro atoms. The molecule has 33 heavy (non-hydrogen) atoms. The highest BCUT2D eigenvalue weighted by molar-refractivity contribution is 8.00. The van der Waals surface area contributed by atoms with Crippen molar-refractivity contribution >= 4 is 69.1 Å². The van der Waals surface area contributed by atoms with Gasteiger partial charge in [-0.1, -0.05) is 11.2 Å². The zero-order chi connectivity index (χ0) is 23.8. The van der Waals surface area contributed by atoms with Crippen LogP contribution in [0.5, 0.6) is 0 Å². The molecule has 11 nitrogen and oxygen atoms in total. The second kappa shape index (κ2) is 9.11. The van der Waals surface area contributed by atoms with Crippen molar-refractivity contribution in [3.63, 3.8) is 0 Å². The number of hydrogen-bond donors (Lipinski definition) is 3. The first-order chi connectivity index (χ1) is 15.7. The third-order valence-corrected chi connectivity index (χ3v) is 8.29. The number of carboxylic acids is 1. The molecule has 2 unspecified atom stereocenters. The number of nitrogens with one attached hydrogen (secondary N) is 1. The number of β-lactam (4-membered cyclic amide) rings is 1. The van der Waals surface area contributed by atoms with Crippen molar-refractivity contribution in [2.24, 2.45) is 10.6 Å². The molecule has 2 aromatic rings. The molecule has 0 radical (unpaired) electrons. The number of aliphatic carboxylic acids is 1. The van der Waals surface area contributed by atoms with Crippen LogP contribution in [0.3, 0.4) is 0 Å². The third-order valence-electron chi connectivity index (χ3n) is 5.19. The van der Waals surface area contributed by atoms with Gasteiger partial charge in [-0.2, -0.15) is 0 Å². The van der Waals surface area contributed by atoms with Crippen LogP contribution in [-0.2, 0) is 19.2 Å². The number of amides is 2. The lowest BCUT2D eigenvalue weighted by molar-refractivity contribution is -0.155. The van der Waals surface area contributed by atoms with Crippen LogP contribution in [0.2, 0.25) is 0 Å². The van der Waals surface area contributed by atoms with Gasteiger partial charge in [0.15, 0.2) is 10.8 Å². The Hall–Kier alpha value is -2.97. The number of fused-ring (bicyclic) bond motifs is 1. The van der Waals surface area contributed by atoms with E-state index in [2.05, 4.69) is 20.4 Å². The van der Waals surface area contributed by atoms with Crippen molar-refractivity contribution in [2.45, 2.75) is 18.3 Å². The highest BCUT2D eigenvalue weighted by Crippen LogP contribution is 2.43. The summed E-state index contributed by atoms with van der Waals surface area (Å²) in [6, 6.07) is -0.805. The fraction of sp³-hybridized carbons (Fsp3) is 0.368. The molecule has 2 saturated heterocycles. The Morgan fingerprint density at radius 3 is 2.88 bits per heavy atom. The van der Waals surface area contributed by atoms with Crippen LogP contribution >= 0.6 is 34.4 Å². The largest absolute Gasteiger partial charge is 0.481 e. The SMILES string of the molecule is CON=C(C(=O)NC1C(=O)N2CC(C=Cc3cnc(C)s3)(C(=O)O)CS[C@H]12)c1csc(N)n1. The molecule has 14 heteroatoms. The second-order valence-electron chi connectivity index (χ2n) is 7.39. The molecule has 0 saturated carbocycles. The van der Waals surface area contributed by atoms with Crippen molar-refractivity contribution in [1.29, 1.82) is 0 Å². The maximum absolute atomic E-state index is 12.8. The number of thioether (sulfide) groups is 1. The van der Waals surface area contributed by atoms with E-state index >= 15 is 0 Å². The number of oxime groups is 1. The summed E-state index contributed by atoms with van der Waals surface area (Å²) < 4.78 is 0. The summed E-state index contributed by atoms with van der Waals surface area (Å²) >= 11 is 3.91. The summed E-state index contributed by atoms with van der Waals surface area (Å²) in [4.78, 5) is 53.0. The number of nitrogens with zero attached hydrogens (tertiary/aromatic N) is 4. The molecular weight excluding hydrogens is 488 g/mol. The fourth-order valence-electron chi connectivity index (χ4n) is 3.49. The standard InChI is InChI=1S/C19H20N6O5S3/c1-9-21-5-10(33-9)3-4-19(17(28)29)7-25-15(27)13(16(25)32-8-19)23-14(26)12(24-30-2)11-6-31-18(20)22-11/h3-6,13,16H,7-8H2,1-2H3,(H2,20,22)(H,23,26)(H,28,29)/t13?,16-,19?/m1/s1. The number of nitrogens with two attached hydrogens (primary N) is 1. The molecule has 0 aliphatic carbocycles. The summed E-state index contributed by atoms with van der Waals surface area (Å²) in [6.45, 7) is 1.89. The fourth-order valence-corrected chi connectivity index (χ4v) is 6.24. The topological polar surface area (TPSA) is 160 Å². The van der Waals surface area contributed by atoms with Gasteiger partial charge >= 0.3 is 5.97 Å². The van der Waals surface area contributed by atoms with E-state index in [-0.39, 0.29) is 40.1 Å². The van der Waals surface area contributed by atoms with Gasteiger partial charge in [-0.15, -0.1) is 34.4 Å². The van der Waals surface area contributed by atoms with E-state index in [4.69, 9.17) is 10.6 Å². The van der Waals surface area contributed by atoms with E-state index < -0.39 is 23.3 Å². The van der Waals surface area contributed by atoms with Crippen LogP contribution in [0.25, 0.3) is 6.08 Å². The van der Waals surface area contributed by atoms with Gasteiger partial charge in [0.25, 0.3) is 5.91 Å². The number of anilines is 1. The Morgan fingerprint density at radius 2 is 2.27 bits per heavy atom. The van der Waals surface area contributed by atoms with Crippen LogP contribution < -0.4 is 11.1 Å². The number of aromatic nitrogens is 2. The number of carboxylic acid groups (broad SMARTS) is 1. The first-order valence-electron chi connectivity index (χ1n) is 9.64. The lowest BCUT2D eigenvalue weighted by atomic mass is 9.86. The molecule has 3 atom stereocenters. The maximum Gasteiger partial charge on any atom is 0.316 e. The van der Waals surface area contributed by atoms with E-state index in [1.54, 1.807) is 23.7 Å². The maximum atomic E-state index is 12.8. The minimum absolute atomic E-state index is 0.0150. The normalized spacial score (nSPS) is 25.0. The number of carbonyl (C=O) groups is 3. The van der Waals surface area contributed by atoms with Crippen LogP contribution in [0.4, 0.5) is 5.13 Å². The summed E-state index contributed by atoms with van der Waals surface area (Å²) in [5.74, 6) is -1.75. The van der Waals surface area contributed by atoms with E-state index in [9.17, 15) is 19.5 Å². The first-order valence-corrected chi connectivity index (χ1v) is 12.4. The lowest BCUT2D eigenvalue weighted by Crippen LogP contribution is -2.73. The van der Waals surface area contributed by atoms with E-state index in [1.807, 2.05) is 6.92 Å². The predicted molar refractivity (Wildman–Crippen MR) is 126 cm³/mol. The highest BCUT2D eigenvalue weighted by atomic mass is 32.2. The number of thiazole rings is 2. The molecule has 2 aliphatic heterocycles. The summed E-state index contributed by atoms with van der Waals surface area (Å²) in [6.07, 6.45) is 5.04. The zero-order valence-electron chi connectivity index (χ0n) is 17.5. The Balaban J connectivity index is 1.46. The molecule has 2 aromatic heterocycles. The molecule has 4 rings (SSSR count). The van der Waals surface area contributed by atoms with Gasteiger partial charge in [-0.25, -0.2) is 9.97 Å². The summed E-state index contributed by atoms with van der Waals surface area (Å²) in [7, 11) is 1.29. The lowest BCUT2D eigenvalue weighted by Gasteiger charge is -2.53. The smallest absolute Gasteiger partial charge is 0.316 e. The third kappa shape index (κ3) is 4.45. The number of hydrogen-bond acceptors (Lipinski definition) is 11. The predicted octanol–water partition coefficient (Wildman–Crippen LogP) is 1.03. The van der Waals surface area contributed by atoms with E-state index in [1.165, 1.54) is 35.1 Å². The monoisotopic (exact) mass is 508 g/mol. The Kier molecular flexibility index (Phi) is 6.41. The van der Waals surface area contributed by atoms with Gasteiger partial charge in [0.1, 0.15) is 29.6 Å². The number of nitrogen functional groups attached to an aromatic ring is 1. The van der Waals surface area contributed by atoms with E-state index in [0.717, 1.165) is 21.2 Å². The molecule has 2 amide bonds. The zero-order valence-corrected chi connectivity index (χ0v) is 20.0. The van der Waals surface area contributed by atoms with Crippen molar-refractivity contribution in [3.8, 4) is 0 Å². The van der Waals surface area contributed by atoms with Gasteiger partial charge in [0, 0.05) is 28.8 Å². The molecule has 2 aliphatic rings. The average molecular weight is 509 g/mol. The molecule has 4 N–H and O–H groups in total. The molecular formula is C19H20N6O5S3. The van der Waals surface area contributed by atoms with Gasteiger partial charge in [-0.3, -0.25) is 14.4 Å². The van der Waals surface area contributed by atoms with Crippen LogP contribution in [0, 0.1) is 12.3 Å². The second-order valence-corrected chi connectivity index (χ2v) is 10.6. The van der Waals surface area contributed by atoms with E-state index in [0.29, 0.717) is 0 Å². The summed E-state index contributed by atoms with van der Waals surface area (Å²) in [5, 5.41) is 18.6. The Morgan fingerprint density at radius 1 is 1.48 bits per heavy atom.